The molecule has 3 atom stereocenters. The number of hydrogen-bond donors (Lipinski definition) is 0. The second-order valence-corrected chi connectivity index (χ2v) is 20.8. The predicted molar refractivity (Wildman–Crippen MR) is 205 cm³/mol. The highest BCUT2D eigenvalue weighted by Crippen LogP contribution is 2.76. The first-order valence-corrected chi connectivity index (χ1v) is 22.5. The van der Waals surface area contributed by atoms with Crippen LogP contribution in [-0.4, -0.2) is 15.5 Å². The lowest BCUT2D eigenvalue weighted by atomic mass is 9.40. The zero-order chi connectivity index (χ0) is 30.7. The normalized spacial score (nSPS) is 28.4. The lowest BCUT2D eigenvalue weighted by Crippen LogP contribution is -2.75. The molecule has 0 saturated heterocycles. The molecule has 0 aromatic rings. The highest BCUT2D eigenvalue weighted by atomic mass is 31.0. The van der Waals surface area contributed by atoms with Gasteiger partial charge < -0.3 is 0 Å². The molecule has 0 aromatic heterocycles. The third kappa shape index (κ3) is 6.14. The van der Waals surface area contributed by atoms with Gasteiger partial charge in [-0.05, 0) is 133 Å². The maximum atomic E-state index is 4.02. The molecule has 0 aliphatic heterocycles. The highest BCUT2D eigenvalue weighted by molar-refractivity contribution is 7.22. The molecular formula is C41H75P3. The third-order valence-corrected chi connectivity index (χ3v) is 20.8. The molecule has 3 heteroatoms. The summed E-state index contributed by atoms with van der Waals surface area (Å²) in [5, 5.41) is 1.05. The molecule has 0 bridgehead atoms. The molecule has 6 saturated carbocycles. The van der Waals surface area contributed by atoms with Crippen LogP contribution in [0.15, 0.2) is 0 Å². The molecule has 0 aromatic carbocycles. The fraction of sp³-hybridized carbons (Fsp3) is 1.00. The first-order valence-electron chi connectivity index (χ1n) is 20.7. The predicted octanol–water partition coefficient (Wildman–Crippen LogP) is 13.3. The second kappa shape index (κ2) is 15.5. The van der Waals surface area contributed by atoms with E-state index in [9.17, 15) is 0 Å². The fourth-order valence-corrected chi connectivity index (χ4v) is 18.1. The topological polar surface area (TPSA) is 0 Å². The second-order valence-electron chi connectivity index (χ2n) is 17.9. The van der Waals surface area contributed by atoms with E-state index in [-0.39, 0.29) is 0 Å². The van der Waals surface area contributed by atoms with E-state index in [1.54, 1.807) is 0 Å². The van der Waals surface area contributed by atoms with Crippen LogP contribution < -0.4 is 0 Å². The molecule has 0 spiro atoms. The Hall–Kier alpha value is 1.29. The van der Waals surface area contributed by atoms with Crippen molar-refractivity contribution in [3.8, 4) is 0 Å². The van der Waals surface area contributed by atoms with Gasteiger partial charge in [0, 0.05) is 0 Å². The van der Waals surface area contributed by atoms with Crippen LogP contribution in [0, 0.1) is 40.9 Å². The van der Waals surface area contributed by atoms with E-state index in [0.29, 0.717) is 20.9 Å². The monoisotopic (exact) mass is 661 g/mol. The maximum absolute atomic E-state index is 4.02. The van der Waals surface area contributed by atoms with Crippen LogP contribution in [0.1, 0.15) is 200 Å². The molecule has 6 aliphatic rings. The lowest BCUT2D eigenvalue weighted by Gasteiger charge is -2.75. The van der Waals surface area contributed by atoms with Gasteiger partial charge in [-0.3, -0.25) is 0 Å². The molecule has 6 fully saturated rings. The Balaban J connectivity index is 1.63. The van der Waals surface area contributed by atoms with Gasteiger partial charge in [-0.15, -0.1) is 27.7 Å². The van der Waals surface area contributed by atoms with Crippen LogP contribution in [0.2, 0.25) is 0 Å². The van der Waals surface area contributed by atoms with E-state index < -0.39 is 0 Å². The standard InChI is InChI=1S/C41H75P3/c1-38(39(42,32-20-8-2-9-21-32)33-22-10-3-11-23-33,40(43,34-24-12-4-13-25-34)35-26-14-5-15-27-35)41(44,36-28-16-6-17-29-36)37-30-18-7-19-31-37/h32-37H,2-31,42-44H2,1H3. The van der Waals surface area contributed by atoms with Gasteiger partial charge in [0.1, 0.15) is 0 Å². The van der Waals surface area contributed by atoms with Gasteiger partial charge in [-0.2, -0.15) is 0 Å². The quantitative estimate of drug-likeness (QED) is 0.216. The zero-order valence-electron chi connectivity index (χ0n) is 29.4. The van der Waals surface area contributed by atoms with Crippen LogP contribution in [0.5, 0.6) is 0 Å². The van der Waals surface area contributed by atoms with E-state index in [4.69, 9.17) is 0 Å². The van der Waals surface area contributed by atoms with Crippen LogP contribution >= 0.6 is 27.7 Å². The smallest absolute Gasteiger partial charge is 0.00230 e. The van der Waals surface area contributed by atoms with Crippen molar-refractivity contribution in [3.05, 3.63) is 0 Å². The van der Waals surface area contributed by atoms with Crippen molar-refractivity contribution in [2.24, 2.45) is 40.9 Å². The maximum Gasteiger partial charge on any atom is -0.00230 e. The first kappa shape index (κ1) is 35.1. The highest BCUT2D eigenvalue weighted by Gasteiger charge is 2.73. The molecule has 0 amide bonds. The Bertz CT molecular complexity index is 694. The minimum absolute atomic E-state index is 0.297. The fourth-order valence-electron chi connectivity index (χ4n) is 14.1. The average Bonchev–Trinajstić information content (AvgIpc) is 3.12. The molecule has 0 heterocycles. The number of hydrogen-bond acceptors (Lipinski definition) is 0. The van der Waals surface area contributed by atoms with Crippen LogP contribution in [0.25, 0.3) is 0 Å². The van der Waals surface area contributed by atoms with Crippen molar-refractivity contribution in [1.29, 1.82) is 0 Å². The van der Waals surface area contributed by atoms with E-state index in [1.807, 2.05) is 0 Å². The molecular weight excluding hydrogens is 585 g/mol. The van der Waals surface area contributed by atoms with Gasteiger partial charge in [0.15, 0.2) is 0 Å². The van der Waals surface area contributed by atoms with Crippen molar-refractivity contribution >= 4 is 27.7 Å². The summed E-state index contributed by atoms with van der Waals surface area (Å²) in [5.74, 6) is 5.38. The van der Waals surface area contributed by atoms with Gasteiger partial charge in [-0.25, -0.2) is 0 Å². The van der Waals surface area contributed by atoms with Gasteiger partial charge in [0.25, 0.3) is 0 Å². The largest absolute Gasteiger partial charge is 0.130 e. The Morgan fingerprint density at radius 1 is 0.273 bits per heavy atom. The summed E-state index contributed by atoms with van der Waals surface area (Å²) >= 11 is 0. The van der Waals surface area contributed by atoms with Gasteiger partial charge in [0.2, 0.25) is 0 Å². The molecule has 0 N–H and O–H groups in total. The molecule has 6 rings (SSSR count). The summed E-state index contributed by atoms with van der Waals surface area (Å²) in [6.07, 6.45) is 45.1. The van der Waals surface area contributed by atoms with Crippen LogP contribution in [0.3, 0.4) is 0 Å². The van der Waals surface area contributed by atoms with Gasteiger partial charge >= 0.3 is 0 Å². The SMILES string of the molecule is CC(C(P)(C1CCCCC1)C1CCCCC1)(C(P)(C1CCCCC1)C1CCCCC1)C(P)(C1CCCCC1)C1CCCCC1. The Morgan fingerprint density at radius 2 is 0.409 bits per heavy atom. The van der Waals surface area contributed by atoms with E-state index in [1.165, 1.54) is 193 Å². The Morgan fingerprint density at radius 3 is 0.545 bits per heavy atom. The number of rotatable bonds is 9. The molecule has 6 aliphatic carbocycles. The van der Waals surface area contributed by atoms with Crippen molar-refractivity contribution in [3.63, 3.8) is 0 Å². The molecule has 0 radical (unpaired) electrons. The van der Waals surface area contributed by atoms with Crippen molar-refractivity contribution in [2.75, 3.05) is 0 Å². The van der Waals surface area contributed by atoms with E-state index in [2.05, 4.69) is 34.6 Å². The Labute approximate surface area is 282 Å². The molecule has 0 nitrogen and oxygen atoms in total. The molecule has 254 valence electrons. The van der Waals surface area contributed by atoms with Crippen molar-refractivity contribution in [2.45, 2.75) is 215 Å². The summed E-state index contributed by atoms with van der Waals surface area (Å²) in [7, 11) is 12.1. The minimum atomic E-state index is 0.297. The van der Waals surface area contributed by atoms with Gasteiger partial charge in [0.05, 0.1) is 0 Å². The minimum Gasteiger partial charge on any atom is -0.130 e. The summed E-state index contributed by atoms with van der Waals surface area (Å²) in [6.45, 7) is 3.09. The molecule has 44 heavy (non-hydrogen) atoms. The molecule has 3 unspecified atom stereocenters. The lowest BCUT2D eigenvalue weighted by molar-refractivity contribution is -0.0947. The van der Waals surface area contributed by atoms with E-state index >= 15 is 0 Å². The first-order chi connectivity index (χ1) is 21.4. The van der Waals surface area contributed by atoms with Crippen molar-refractivity contribution < 1.29 is 0 Å². The third-order valence-electron chi connectivity index (χ3n) is 16.3. The van der Waals surface area contributed by atoms with Crippen LogP contribution in [0.4, 0.5) is 0 Å². The summed E-state index contributed by atoms with van der Waals surface area (Å²) in [5.41, 5.74) is 0.297. The zero-order valence-corrected chi connectivity index (χ0v) is 32.9. The summed E-state index contributed by atoms with van der Waals surface area (Å²) < 4.78 is 0. The van der Waals surface area contributed by atoms with Crippen molar-refractivity contribution in [1.82, 2.24) is 0 Å². The average molecular weight is 661 g/mol. The summed E-state index contributed by atoms with van der Waals surface area (Å²) in [6, 6.07) is 0. The van der Waals surface area contributed by atoms with Crippen LogP contribution in [-0.2, 0) is 0 Å². The van der Waals surface area contributed by atoms with E-state index in [0.717, 1.165) is 35.5 Å². The summed E-state index contributed by atoms with van der Waals surface area (Å²) in [4.78, 5) is 0. The Kier molecular flexibility index (Phi) is 12.3. The van der Waals surface area contributed by atoms with Gasteiger partial charge in [-0.1, -0.05) is 122 Å².